The molecule has 0 aliphatic carbocycles. The second-order valence-corrected chi connectivity index (χ2v) is 6.59. The van der Waals surface area contributed by atoms with E-state index in [1.807, 2.05) is 6.07 Å². The zero-order chi connectivity index (χ0) is 18.0. The Morgan fingerprint density at radius 3 is 2.64 bits per heavy atom. The summed E-state index contributed by atoms with van der Waals surface area (Å²) in [7, 11) is 0. The summed E-state index contributed by atoms with van der Waals surface area (Å²) in [5.74, 6) is -0.0367. The molecule has 1 N–H and O–H groups in total. The van der Waals surface area contributed by atoms with Crippen LogP contribution >= 0.6 is 46.4 Å². The van der Waals surface area contributed by atoms with Gasteiger partial charge in [0.15, 0.2) is 0 Å². The Hall–Kier alpha value is -1.79. The maximum Gasteiger partial charge on any atom is 0.277 e. The number of halogens is 4. The smallest absolute Gasteiger partial charge is 0.277 e. The van der Waals surface area contributed by atoms with E-state index in [0.29, 0.717) is 22.4 Å². The molecule has 5 nitrogen and oxygen atoms in total. The zero-order valence-corrected chi connectivity index (χ0v) is 15.5. The van der Waals surface area contributed by atoms with E-state index in [1.165, 1.54) is 12.1 Å². The minimum Gasteiger partial charge on any atom is -0.305 e. The van der Waals surface area contributed by atoms with Crippen molar-refractivity contribution in [2.24, 2.45) is 0 Å². The molecule has 3 rings (SSSR count). The predicted molar refractivity (Wildman–Crippen MR) is 100 cm³/mol. The largest absolute Gasteiger partial charge is 0.305 e. The van der Waals surface area contributed by atoms with Crippen molar-refractivity contribution >= 4 is 58.1 Å². The van der Waals surface area contributed by atoms with Crippen molar-refractivity contribution in [2.75, 3.05) is 5.32 Å². The molecule has 0 atom stereocenters. The summed E-state index contributed by atoms with van der Waals surface area (Å²) in [6, 6.07) is 9.99. The lowest BCUT2D eigenvalue weighted by Crippen LogP contribution is -2.18. The van der Waals surface area contributed by atoms with Gasteiger partial charge in [0.05, 0.1) is 27.8 Å². The quantitative estimate of drug-likeness (QED) is 0.596. The van der Waals surface area contributed by atoms with Crippen LogP contribution in [-0.4, -0.2) is 20.7 Å². The molecule has 0 aliphatic heterocycles. The predicted octanol–water partition coefficient (Wildman–Crippen LogP) is 5.19. The molecule has 1 aromatic carbocycles. The Labute approximate surface area is 163 Å². The Bertz CT molecular complexity index is 942. The molecular weight excluding hydrogens is 406 g/mol. The minimum absolute atomic E-state index is 0.0303. The standard InChI is InChI=1S/C16H10Cl4N4O/c17-10-3-1-2-9(14(10)20)8-24-13(6-7-21-24)23-16(25)15-11(18)4-5-12(19)22-15/h1-7H,8H2,(H,23,25). The van der Waals surface area contributed by atoms with E-state index in [9.17, 15) is 4.79 Å². The number of aromatic nitrogens is 3. The molecule has 128 valence electrons. The highest BCUT2D eigenvalue weighted by Gasteiger charge is 2.16. The normalized spacial score (nSPS) is 10.7. The monoisotopic (exact) mass is 414 g/mol. The van der Waals surface area contributed by atoms with Crippen LogP contribution in [0, 0.1) is 0 Å². The third kappa shape index (κ3) is 4.07. The molecule has 0 bridgehead atoms. The number of pyridine rings is 1. The average molecular weight is 416 g/mol. The minimum atomic E-state index is -0.494. The molecule has 0 saturated carbocycles. The summed E-state index contributed by atoms with van der Waals surface area (Å²) >= 11 is 24.0. The first-order valence-corrected chi connectivity index (χ1v) is 8.55. The van der Waals surface area contributed by atoms with Gasteiger partial charge < -0.3 is 5.32 Å². The summed E-state index contributed by atoms with van der Waals surface area (Å²) in [6.07, 6.45) is 1.56. The Morgan fingerprint density at radius 2 is 1.84 bits per heavy atom. The van der Waals surface area contributed by atoms with E-state index >= 15 is 0 Å². The van der Waals surface area contributed by atoms with Crippen molar-refractivity contribution in [3.63, 3.8) is 0 Å². The first kappa shape index (κ1) is 18.0. The van der Waals surface area contributed by atoms with Crippen LogP contribution in [0.2, 0.25) is 20.2 Å². The number of amides is 1. The molecule has 0 aliphatic rings. The van der Waals surface area contributed by atoms with Crippen molar-refractivity contribution in [2.45, 2.75) is 6.54 Å². The molecule has 2 aromatic heterocycles. The number of rotatable bonds is 4. The highest BCUT2D eigenvalue weighted by Crippen LogP contribution is 2.27. The molecule has 25 heavy (non-hydrogen) atoms. The molecule has 0 unspecified atom stereocenters. The van der Waals surface area contributed by atoms with Gasteiger partial charge in [-0.1, -0.05) is 58.5 Å². The van der Waals surface area contributed by atoms with Crippen LogP contribution in [0.3, 0.4) is 0 Å². The molecule has 3 aromatic rings. The van der Waals surface area contributed by atoms with E-state index in [1.54, 1.807) is 29.1 Å². The van der Waals surface area contributed by atoms with Gasteiger partial charge in [-0.25, -0.2) is 9.67 Å². The molecule has 1 amide bonds. The Morgan fingerprint density at radius 1 is 1.04 bits per heavy atom. The van der Waals surface area contributed by atoms with E-state index < -0.39 is 5.91 Å². The topological polar surface area (TPSA) is 59.8 Å². The Kier molecular flexibility index (Phi) is 5.49. The van der Waals surface area contributed by atoms with E-state index in [-0.39, 0.29) is 15.9 Å². The van der Waals surface area contributed by atoms with Crippen molar-refractivity contribution < 1.29 is 4.79 Å². The lowest BCUT2D eigenvalue weighted by atomic mass is 10.2. The van der Waals surface area contributed by atoms with Crippen LogP contribution in [0.4, 0.5) is 5.82 Å². The third-order valence-electron chi connectivity index (χ3n) is 3.34. The number of benzene rings is 1. The van der Waals surface area contributed by atoms with Crippen molar-refractivity contribution in [3.8, 4) is 0 Å². The number of carbonyl (C=O) groups is 1. The maximum absolute atomic E-state index is 12.4. The number of nitrogens with one attached hydrogen (secondary N) is 1. The van der Waals surface area contributed by atoms with Crippen LogP contribution in [0.1, 0.15) is 16.1 Å². The summed E-state index contributed by atoms with van der Waals surface area (Å²) in [5, 5.41) is 8.17. The molecular formula is C16H10Cl4N4O. The van der Waals surface area contributed by atoms with E-state index in [4.69, 9.17) is 46.4 Å². The van der Waals surface area contributed by atoms with Crippen molar-refractivity contribution in [1.82, 2.24) is 14.8 Å². The number of hydrogen-bond acceptors (Lipinski definition) is 3. The number of anilines is 1. The lowest BCUT2D eigenvalue weighted by Gasteiger charge is -2.11. The molecule has 0 saturated heterocycles. The van der Waals surface area contributed by atoms with Gasteiger partial charge in [-0.2, -0.15) is 5.10 Å². The fourth-order valence-corrected chi connectivity index (χ4v) is 2.87. The first-order valence-electron chi connectivity index (χ1n) is 7.04. The number of hydrogen-bond donors (Lipinski definition) is 1. The van der Waals surface area contributed by atoms with E-state index in [2.05, 4.69) is 15.4 Å². The lowest BCUT2D eigenvalue weighted by molar-refractivity contribution is 0.102. The van der Waals surface area contributed by atoms with Crippen LogP contribution in [0.5, 0.6) is 0 Å². The molecule has 0 spiro atoms. The highest BCUT2D eigenvalue weighted by atomic mass is 35.5. The van der Waals surface area contributed by atoms with Crippen molar-refractivity contribution in [1.29, 1.82) is 0 Å². The van der Waals surface area contributed by atoms with Gasteiger partial charge >= 0.3 is 0 Å². The van der Waals surface area contributed by atoms with Gasteiger partial charge in [0.2, 0.25) is 0 Å². The van der Waals surface area contributed by atoms with Gasteiger partial charge in [0.25, 0.3) is 5.91 Å². The van der Waals surface area contributed by atoms with Crippen molar-refractivity contribution in [3.05, 3.63) is 74.1 Å². The first-order chi connectivity index (χ1) is 12.0. The average Bonchev–Trinajstić information content (AvgIpc) is 3.01. The fraction of sp³-hybridized carbons (Fsp3) is 0.0625. The third-order valence-corrected chi connectivity index (χ3v) is 4.71. The number of carbonyl (C=O) groups excluding carboxylic acids is 1. The summed E-state index contributed by atoms with van der Waals surface area (Å²) < 4.78 is 1.58. The Balaban J connectivity index is 1.83. The van der Waals surface area contributed by atoms with Gasteiger partial charge in [-0.15, -0.1) is 0 Å². The second kappa shape index (κ2) is 7.62. The molecule has 9 heteroatoms. The highest BCUT2D eigenvalue weighted by molar-refractivity contribution is 6.42. The van der Waals surface area contributed by atoms with Crippen LogP contribution in [0.25, 0.3) is 0 Å². The van der Waals surface area contributed by atoms with Gasteiger partial charge in [0, 0.05) is 6.07 Å². The maximum atomic E-state index is 12.4. The SMILES string of the molecule is O=C(Nc1ccnn1Cc1cccc(Cl)c1Cl)c1nc(Cl)ccc1Cl. The summed E-state index contributed by atoms with van der Waals surface area (Å²) in [4.78, 5) is 16.4. The van der Waals surface area contributed by atoms with Gasteiger partial charge in [-0.3, -0.25) is 4.79 Å². The second-order valence-electron chi connectivity index (χ2n) is 5.01. The number of nitrogens with zero attached hydrogens (tertiary/aromatic N) is 3. The molecule has 2 heterocycles. The van der Waals surface area contributed by atoms with E-state index in [0.717, 1.165) is 5.56 Å². The van der Waals surface area contributed by atoms with Crippen LogP contribution < -0.4 is 5.32 Å². The van der Waals surface area contributed by atoms with Crippen LogP contribution in [-0.2, 0) is 6.54 Å². The molecule has 0 fully saturated rings. The fourth-order valence-electron chi connectivity index (χ4n) is 2.15. The van der Waals surface area contributed by atoms with Gasteiger partial charge in [-0.05, 0) is 23.8 Å². The summed E-state index contributed by atoms with van der Waals surface area (Å²) in [5.41, 5.74) is 0.801. The zero-order valence-electron chi connectivity index (χ0n) is 12.5. The molecule has 0 radical (unpaired) electrons. The van der Waals surface area contributed by atoms with Gasteiger partial charge in [0.1, 0.15) is 16.7 Å². The summed E-state index contributed by atoms with van der Waals surface area (Å²) in [6.45, 7) is 0.332. The van der Waals surface area contributed by atoms with Crippen LogP contribution in [0.15, 0.2) is 42.6 Å².